The average Bonchev–Trinajstić information content (AvgIpc) is 3.55. The summed E-state index contributed by atoms with van der Waals surface area (Å²) in [6.07, 6.45) is 3.97. The van der Waals surface area contributed by atoms with Crippen molar-refractivity contribution in [2.24, 2.45) is 5.92 Å². The molecule has 1 atom stereocenters. The zero-order chi connectivity index (χ0) is 29.6. The molecule has 5 heterocycles. The quantitative estimate of drug-likeness (QED) is 0.275. The molecule has 2 aliphatic rings. The van der Waals surface area contributed by atoms with Gasteiger partial charge in [0, 0.05) is 38.3 Å². The predicted octanol–water partition coefficient (Wildman–Crippen LogP) is 4.23. The molecule has 0 spiro atoms. The molecular weight excluding hydrogens is 569 g/mol. The van der Waals surface area contributed by atoms with Gasteiger partial charge >= 0.3 is 6.55 Å². The molecule has 4 aromatic rings. The number of nitrogens with zero attached hydrogens (tertiary/aromatic N) is 8. The van der Waals surface area contributed by atoms with Crippen LogP contribution in [0.1, 0.15) is 43.7 Å². The Labute approximate surface area is 246 Å². The summed E-state index contributed by atoms with van der Waals surface area (Å²) < 4.78 is 51.7. The van der Waals surface area contributed by atoms with Crippen LogP contribution in [0.4, 0.5) is 13.2 Å². The zero-order valence-corrected chi connectivity index (χ0v) is 24.3. The third kappa shape index (κ3) is 5.72. The molecule has 1 N–H and O–H groups in total. The van der Waals surface area contributed by atoms with Gasteiger partial charge in [0.1, 0.15) is 41.3 Å². The van der Waals surface area contributed by atoms with Crippen molar-refractivity contribution in [1.82, 2.24) is 38.7 Å². The molecular formula is C28H33F3N8O2S. The number of alkyl halides is 2. The number of ether oxygens (including phenoxy) is 1. The third-order valence-corrected chi connectivity index (χ3v) is 8.52. The van der Waals surface area contributed by atoms with Crippen LogP contribution in [0.3, 0.4) is 0 Å². The van der Waals surface area contributed by atoms with Crippen LogP contribution in [0.15, 0.2) is 36.8 Å². The van der Waals surface area contributed by atoms with Crippen LogP contribution in [0.25, 0.3) is 22.3 Å². The largest absolute Gasteiger partial charge is 0.488 e. The molecule has 6 rings (SSSR count). The molecule has 0 amide bonds. The maximum atomic E-state index is 13.9. The molecule has 0 saturated carbocycles. The first kappa shape index (κ1) is 28.9. The summed E-state index contributed by atoms with van der Waals surface area (Å²) in [6, 6.07) is 6.05. The molecule has 1 unspecified atom stereocenters. The van der Waals surface area contributed by atoms with Gasteiger partial charge < -0.3 is 14.7 Å². The SMILES string of the molecule is Cc1c(-c2cc(OCC(C)(O)c3ccc(F)cn3)c3c(c2)ncn3C(F)F)nnn1C1CCN(CC2CN(S)C2)CC1. The summed E-state index contributed by atoms with van der Waals surface area (Å²) in [7, 11) is 0. The molecule has 0 bridgehead atoms. The van der Waals surface area contributed by atoms with Crippen LogP contribution < -0.4 is 4.74 Å². The van der Waals surface area contributed by atoms with Crippen molar-refractivity contribution in [3.63, 3.8) is 0 Å². The van der Waals surface area contributed by atoms with Gasteiger partial charge in [0.05, 0.1) is 29.1 Å². The summed E-state index contributed by atoms with van der Waals surface area (Å²) >= 11 is 4.37. The number of hydrogen-bond donors (Lipinski definition) is 2. The summed E-state index contributed by atoms with van der Waals surface area (Å²) in [6.45, 7) is 5.35. The number of fused-ring (bicyclic) bond motifs is 1. The number of aliphatic hydroxyl groups is 1. The van der Waals surface area contributed by atoms with Gasteiger partial charge in [0.25, 0.3) is 0 Å². The van der Waals surface area contributed by atoms with Gasteiger partial charge in [-0.2, -0.15) is 8.78 Å². The number of halogens is 3. The van der Waals surface area contributed by atoms with Crippen LogP contribution in [-0.2, 0) is 5.60 Å². The van der Waals surface area contributed by atoms with E-state index in [1.165, 1.54) is 19.1 Å². The van der Waals surface area contributed by atoms with Gasteiger partial charge in [-0.05, 0) is 56.9 Å². The van der Waals surface area contributed by atoms with Crippen molar-refractivity contribution < 1.29 is 23.0 Å². The van der Waals surface area contributed by atoms with E-state index in [4.69, 9.17) is 4.74 Å². The van der Waals surface area contributed by atoms with Gasteiger partial charge in [-0.25, -0.2) is 14.1 Å². The van der Waals surface area contributed by atoms with E-state index >= 15 is 0 Å². The third-order valence-electron chi connectivity index (χ3n) is 8.19. The van der Waals surface area contributed by atoms with Gasteiger partial charge in [-0.3, -0.25) is 13.9 Å². The van der Waals surface area contributed by atoms with E-state index < -0.39 is 18.0 Å². The molecule has 2 fully saturated rings. The minimum absolute atomic E-state index is 0.0848. The van der Waals surface area contributed by atoms with Gasteiger partial charge in [-0.15, -0.1) is 5.10 Å². The smallest absolute Gasteiger partial charge is 0.320 e. The van der Waals surface area contributed by atoms with E-state index in [0.29, 0.717) is 27.3 Å². The maximum absolute atomic E-state index is 13.9. The van der Waals surface area contributed by atoms with E-state index in [9.17, 15) is 18.3 Å². The van der Waals surface area contributed by atoms with Crippen molar-refractivity contribution in [1.29, 1.82) is 0 Å². The summed E-state index contributed by atoms with van der Waals surface area (Å²) in [5.74, 6) is 0.230. The molecule has 10 nitrogen and oxygen atoms in total. The highest BCUT2D eigenvalue weighted by atomic mass is 32.1. The molecule has 14 heteroatoms. The van der Waals surface area contributed by atoms with Crippen LogP contribution in [0, 0.1) is 18.7 Å². The molecule has 3 aromatic heterocycles. The lowest BCUT2D eigenvalue weighted by molar-refractivity contribution is 0.00395. The standard InChI is InChI=1S/C28H33F3N8O2S/c1-17-25(34-35-39(17)21-5-7-36(8-6-21)12-18-13-37(42)14-18)19-9-22-26(38(16-33-22)27(30)31)23(10-19)41-15-28(2,40)24-4-3-20(29)11-32-24/h3-4,9-11,16,18,21,27,40,42H,5-8,12-15H2,1-2H3. The average molecular weight is 603 g/mol. The van der Waals surface area contributed by atoms with Gasteiger partial charge in [0.15, 0.2) is 0 Å². The topological polar surface area (TPSA) is 97.4 Å². The first-order chi connectivity index (χ1) is 20.1. The number of likely N-dealkylation sites (tertiary alicyclic amines) is 1. The van der Waals surface area contributed by atoms with E-state index in [2.05, 4.69) is 38.0 Å². The number of benzene rings is 1. The van der Waals surface area contributed by atoms with Crippen LogP contribution in [0.5, 0.6) is 5.75 Å². The number of piperidine rings is 1. The second kappa shape index (κ2) is 11.5. The van der Waals surface area contributed by atoms with Crippen molar-refractivity contribution >= 4 is 23.8 Å². The van der Waals surface area contributed by atoms with E-state index in [-0.39, 0.29) is 29.6 Å². The fourth-order valence-corrected chi connectivity index (χ4v) is 6.30. The fraction of sp³-hybridized carbons (Fsp3) is 0.500. The lowest BCUT2D eigenvalue weighted by Gasteiger charge is -2.40. The van der Waals surface area contributed by atoms with Crippen LogP contribution >= 0.6 is 12.8 Å². The monoisotopic (exact) mass is 602 g/mol. The number of thiol groups is 1. The molecule has 1 aromatic carbocycles. The van der Waals surface area contributed by atoms with E-state index in [1.54, 1.807) is 12.1 Å². The lowest BCUT2D eigenvalue weighted by Crippen LogP contribution is -2.48. The Morgan fingerprint density at radius 3 is 2.60 bits per heavy atom. The lowest BCUT2D eigenvalue weighted by atomic mass is 9.99. The Morgan fingerprint density at radius 1 is 1.17 bits per heavy atom. The maximum Gasteiger partial charge on any atom is 0.320 e. The normalized spacial score (nSPS) is 19.0. The molecule has 0 radical (unpaired) electrons. The number of hydrogen-bond acceptors (Lipinski definition) is 9. The van der Waals surface area contributed by atoms with Crippen molar-refractivity contribution in [2.75, 3.05) is 39.3 Å². The van der Waals surface area contributed by atoms with Gasteiger partial charge in [0.2, 0.25) is 0 Å². The summed E-state index contributed by atoms with van der Waals surface area (Å²) in [5, 5.41) is 19.9. The van der Waals surface area contributed by atoms with Crippen LogP contribution in [-0.4, -0.2) is 83.2 Å². The Morgan fingerprint density at radius 2 is 1.93 bits per heavy atom. The highest BCUT2D eigenvalue weighted by Crippen LogP contribution is 2.36. The number of aromatic nitrogens is 6. The van der Waals surface area contributed by atoms with Crippen molar-refractivity contribution in [3.05, 3.63) is 54.0 Å². The first-order valence-corrected chi connectivity index (χ1v) is 14.3. The Balaban J connectivity index is 1.24. The van der Waals surface area contributed by atoms with Crippen molar-refractivity contribution in [2.45, 2.75) is 44.9 Å². The number of imidazole rings is 1. The predicted molar refractivity (Wildman–Crippen MR) is 153 cm³/mol. The highest BCUT2D eigenvalue weighted by molar-refractivity contribution is 7.77. The minimum Gasteiger partial charge on any atom is -0.488 e. The van der Waals surface area contributed by atoms with Crippen LogP contribution in [0.2, 0.25) is 0 Å². The van der Waals surface area contributed by atoms with Gasteiger partial charge in [-0.1, -0.05) is 18.0 Å². The fourth-order valence-electron chi connectivity index (χ4n) is 5.84. The summed E-state index contributed by atoms with van der Waals surface area (Å²) in [5.41, 5.74) is 1.01. The molecule has 2 aliphatic heterocycles. The Bertz CT molecular complexity index is 1550. The molecule has 224 valence electrons. The first-order valence-electron chi connectivity index (χ1n) is 13.9. The number of pyridine rings is 1. The van der Waals surface area contributed by atoms with Crippen molar-refractivity contribution in [3.8, 4) is 17.0 Å². The molecule has 42 heavy (non-hydrogen) atoms. The highest BCUT2D eigenvalue weighted by Gasteiger charge is 2.31. The molecule has 2 saturated heterocycles. The molecule has 0 aliphatic carbocycles. The van der Waals surface area contributed by atoms with E-state index in [1.807, 2.05) is 15.9 Å². The Hall–Kier alpha value is -3.20. The second-order valence-corrected chi connectivity index (χ2v) is 12.0. The zero-order valence-electron chi connectivity index (χ0n) is 23.4. The summed E-state index contributed by atoms with van der Waals surface area (Å²) in [4.78, 5) is 10.6. The Kier molecular flexibility index (Phi) is 7.89. The number of rotatable bonds is 9. The minimum atomic E-state index is -2.85. The second-order valence-electron chi connectivity index (χ2n) is 11.4. The van der Waals surface area contributed by atoms with E-state index in [0.717, 1.165) is 63.8 Å².